The highest BCUT2D eigenvalue weighted by Gasteiger charge is 2.31. The number of unbranched alkanes of at least 4 members (excludes halogenated alkanes) is 1. The molecule has 0 fully saturated rings. The van der Waals surface area contributed by atoms with E-state index >= 15 is 0 Å². The van der Waals surface area contributed by atoms with Gasteiger partial charge < -0.3 is 4.74 Å². The Labute approximate surface area is 116 Å². The first-order chi connectivity index (χ1) is 8.80. The number of methoxy groups -OCH3 is 1. The molecule has 0 spiro atoms. The highest BCUT2D eigenvalue weighted by Crippen LogP contribution is 2.28. The van der Waals surface area contributed by atoms with Crippen LogP contribution in [0.4, 0.5) is 0 Å². The Morgan fingerprint density at radius 2 is 1.84 bits per heavy atom. The van der Waals surface area contributed by atoms with Crippen molar-refractivity contribution in [2.24, 2.45) is 0 Å². The number of rotatable bonds is 6. The van der Waals surface area contributed by atoms with Crippen LogP contribution in [0.25, 0.3) is 0 Å². The van der Waals surface area contributed by atoms with Gasteiger partial charge in [0.15, 0.2) is 11.5 Å². The fraction of sp³-hybridized carbons (Fsp3) is 0.600. The van der Waals surface area contributed by atoms with Gasteiger partial charge in [0.25, 0.3) is 0 Å². The lowest BCUT2D eigenvalue weighted by Crippen LogP contribution is -2.27. The molecule has 0 aliphatic heterocycles. The number of allylic oxidation sites excluding steroid dienone is 3. The average Bonchev–Trinajstić information content (AvgIpc) is 2.29. The molecule has 1 aliphatic rings. The van der Waals surface area contributed by atoms with Crippen LogP contribution in [0, 0.1) is 0 Å². The van der Waals surface area contributed by atoms with Gasteiger partial charge in [0.1, 0.15) is 0 Å². The molecule has 0 bridgehead atoms. The predicted molar refractivity (Wildman–Crippen MR) is 79.8 cm³/mol. The quantitative estimate of drug-likeness (QED) is 0.552. The summed E-state index contributed by atoms with van der Waals surface area (Å²) in [6, 6.07) is 0.754. The Bertz CT molecular complexity index is 439. The van der Waals surface area contributed by atoms with Crippen molar-refractivity contribution in [3.8, 4) is 0 Å². The van der Waals surface area contributed by atoms with E-state index in [4.69, 9.17) is 4.74 Å². The molecule has 0 amide bonds. The second kappa shape index (κ2) is 6.33. The third-order valence-corrected chi connectivity index (χ3v) is 4.52. The summed E-state index contributed by atoms with van der Waals surface area (Å²) in [7, 11) is 0.0483. The van der Waals surface area contributed by atoms with E-state index in [2.05, 4.69) is 26.6 Å². The molecule has 0 heterocycles. The maximum atomic E-state index is 12.5. The molecule has 0 aromatic rings. The van der Waals surface area contributed by atoms with E-state index in [-0.39, 0.29) is 17.3 Å². The Balaban J connectivity index is 3.05. The summed E-state index contributed by atoms with van der Waals surface area (Å²) in [6.07, 6.45) is 4.01. The Hall–Kier alpha value is -1.16. The molecule has 4 heteroatoms. The summed E-state index contributed by atoms with van der Waals surface area (Å²) in [5.41, 5.74) is 1.25. The van der Waals surface area contributed by atoms with Crippen LogP contribution in [-0.2, 0) is 14.3 Å². The zero-order valence-corrected chi connectivity index (χ0v) is 13.6. The summed E-state index contributed by atoms with van der Waals surface area (Å²) >= 11 is 0. The van der Waals surface area contributed by atoms with Gasteiger partial charge in [0.05, 0.1) is 7.11 Å². The summed E-state index contributed by atoms with van der Waals surface area (Å²) in [5.74, 6) is 0.117. The summed E-state index contributed by atoms with van der Waals surface area (Å²) in [6.45, 7) is 8.67. The second-order valence-electron chi connectivity index (χ2n) is 6.22. The van der Waals surface area contributed by atoms with Crippen LogP contribution < -0.4 is 0 Å². The molecule has 0 aromatic carbocycles. The van der Waals surface area contributed by atoms with Crippen molar-refractivity contribution >= 4 is 19.6 Å². The van der Waals surface area contributed by atoms with Crippen LogP contribution >= 0.6 is 0 Å². The number of carbonyl (C=O) groups excluding carboxylic acids is 2. The van der Waals surface area contributed by atoms with Crippen LogP contribution in [0.2, 0.25) is 25.7 Å². The van der Waals surface area contributed by atoms with E-state index in [1.54, 1.807) is 0 Å². The number of hydrogen-bond donors (Lipinski definition) is 0. The molecule has 0 N–H and O–H groups in total. The molecule has 0 atom stereocenters. The smallest absolute Gasteiger partial charge is 0.221 e. The van der Waals surface area contributed by atoms with E-state index in [1.165, 1.54) is 13.2 Å². The molecule has 0 unspecified atom stereocenters. The molecule has 0 radical (unpaired) electrons. The van der Waals surface area contributed by atoms with Gasteiger partial charge in [-0.25, -0.2) is 0 Å². The van der Waals surface area contributed by atoms with E-state index in [9.17, 15) is 9.59 Å². The van der Waals surface area contributed by atoms with Gasteiger partial charge in [-0.3, -0.25) is 9.59 Å². The molecule has 0 aromatic heterocycles. The topological polar surface area (TPSA) is 43.4 Å². The van der Waals surface area contributed by atoms with E-state index in [1.807, 2.05) is 0 Å². The lowest BCUT2D eigenvalue weighted by atomic mass is 9.92. The normalized spacial score (nSPS) is 16.8. The minimum Gasteiger partial charge on any atom is -0.492 e. The first-order valence-electron chi connectivity index (χ1n) is 6.87. The van der Waals surface area contributed by atoms with Gasteiger partial charge in [-0.2, -0.15) is 0 Å². The SMILES string of the molecule is CCCCC1=C(OC)C(=O)C=C(C[Si](C)(C)C)C1=O. The third-order valence-electron chi connectivity index (χ3n) is 3.07. The zero-order chi connectivity index (χ0) is 14.6. The predicted octanol–water partition coefficient (Wildman–Crippen LogP) is 3.49. The average molecular weight is 280 g/mol. The highest BCUT2D eigenvalue weighted by molar-refractivity contribution is 6.77. The Kier molecular flexibility index (Phi) is 5.29. The van der Waals surface area contributed by atoms with E-state index in [0.717, 1.165) is 18.9 Å². The maximum absolute atomic E-state index is 12.5. The molecule has 1 rings (SSSR count). The van der Waals surface area contributed by atoms with E-state index in [0.29, 0.717) is 17.6 Å². The maximum Gasteiger partial charge on any atom is 0.221 e. The van der Waals surface area contributed by atoms with Gasteiger partial charge in [-0.05, 0) is 25.0 Å². The minimum absolute atomic E-state index is 0.0207. The largest absolute Gasteiger partial charge is 0.492 e. The van der Waals surface area contributed by atoms with Crippen molar-refractivity contribution < 1.29 is 14.3 Å². The molecule has 106 valence electrons. The number of Topliss-reactive ketones (excluding diaryl/α,β-unsaturated/α-hetero) is 1. The Morgan fingerprint density at radius 1 is 1.21 bits per heavy atom. The number of hydrogen-bond acceptors (Lipinski definition) is 3. The molecule has 0 saturated heterocycles. The van der Waals surface area contributed by atoms with Crippen molar-refractivity contribution in [2.45, 2.75) is 51.9 Å². The van der Waals surface area contributed by atoms with Gasteiger partial charge in [0.2, 0.25) is 5.78 Å². The van der Waals surface area contributed by atoms with Gasteiger partial charge in [-0.15, -0.1) is 0 Å². The molecule has 1 aliphatic carbocycles. The number of ether oxygens (including phenoxy) is 1. The van der Waals surface area contributed by atoms with Crippen molar-refractivity contribution in [1.82, 2.24) is 0 Å². The van der Waals surface area contributed by atoms with Crippen molar-refractivity contribution in [2.75, 3.05) is 7.11 Å². The standard InChI is InChI=1S/C15H24O3Si/c1-6-7-8-12-14(17)11(10-19(3,4)5)9-13(16)15(12)18-2/h9H,6-8,10H2,1-5H3. The summed E-state index contributed by atoms with van der Waals surface area (Å²) < 4.78 is 5.14. The number of ketones is 2. The Morgan fingerprint density at radius 3 is 2.32 bits per heavy atom. The summed E-state index contributed by atoms with van der Waals surface area (Å²) in [4.78, 5) is 24.5. The molecule has 19 heavy (non-hydrogen) atoms. The first-order valence-corrected chi connectivity index (χ1v) is 10.6. The van der Waals surface area contributed by atoms with Crippen molar-refractivity contribution in [3.63, 3.8) is 0 Å². The fourth-order valence-electron chi connectivity index (χ4n) is 2.24. The number of carbonyl (C=O) groups is 2. The first kappa shape index (κ1) is 15.9. The van der Waals surface area contributed by atoms with Crippen LogP contribution in [0.3, 0.4) is 0 Å². The van der Waals surface area contributed by atoms with Crippen LogP contribution in [-0.4, -0.2) is 26.8 Å². The van der Waals surface area contributed by atoms with Crippen LogP contribution in [0.15, 0.2) is 23.0 Å². The monoisotopic (exact) mass is 280 g/mol. The highest BCUT2D eigenvalue weighted by atomic mass is 28.3. The summed E-state index contributed by atoms with van der Waals surface area (Å²) in [5, 5.41) is 0. The molecule has 0 saturated carbocycles. The van der Waals surface area contributed by atoms with Crippen molar-refractivity contribution in [1.29, 1.82) is 0 Å². The van der Waals surface area contributed by atoms with Gasteiger partial charge in [0, 0.05) is 19.2 Å². The molecular formula is C15H24O3Si. The molecular weight excluding hydrogens is 256 g/mol. The lowest BCUT2D eigenvalue weighted by molar-refractivity contribution is -0.118. The zero-order valence-electron chi connectivity index (χ0n) is 12.6. The second-order valence-corrected chi connectivity index (χ2v) is 11.7. The minimum atomic E-state index is -1.41. The van der Waals surface area contributed by atoms with Crippen molar-refractivity contribution in [3.05, 3.63) is 23.0 Å². The van der Waals surface area contributed by atoms with E-state index < -0.39 is 8.07 Å². The lowest BCUT2D eigenvalue weighted by Gasteiger charge is -2.22. The molecule has 3 nitrogen and oxygen atoms in total. The van der Waals surface area contributed by atoms with Gasteiger partial charge in [-0.1, -0.05) is 33.0 Å². The third kappa shape index (κ3) is 4.16. The van der Waals surface area contributed by atoms with Crippen LogP contribution in [0.5, 0.6) is 0 Å². The van der Waals surface area contributed by atoms with Gasteiger partial charge >= 0.3 is 0 Å². The fourth-order valence-corrected chi connectivity index (χ4v) is 3.65. The van der Waals surface area contributed by atoms with Crippen LogP contribution in [0.1, 0.15) is 26.2 Å².